The lowest BCUT2D eigenvalue weighted by molar-refractivity contribution is -0.120. The van der Waals surface area contributed by atoms with Gasteiger partial charge in [0.2, 0.25) is 15.9 Å². The van der Waals surface area contributed by atoms with Crippen LogP contribution in [-0.4, -0.2) is 80.7 Å². The Kier molecular flexibility index (Phi) is 8.33. The number of aromatic amines is 1. The number of carbonyl (C=O) groups excluding carboxylic acids is 1. The number of pyridine rings is 1. The van der Waals surface area contributed by atoms with E-state index in [4.69, 9.17) is 9.72 Å². The number of ether oxygens (including phenoxy) is 1. The van der Waals surface area contributed by atoms with Crippen LogP contribution in [0.1, 0.15) is 6.42 Å². The maximum Gasteiger partial charge on any atom is 0.247 e. The molecule has 0 spiro atoms. The first-order valence-corrected chi connectivity index (χ1v) is 17.7. The highest BCUT2D eigenvalue weighted by molar-refractivity contribution is 8.15. The average molecular weight is 654 g/mol. The van der Waals surface area contributed by atoms with Crippen LogP contribution in [0, 0.1) is 0 Å². The Hall–Kier alpha value is -4.16. The predicted molar refractivity (Wildman–Crippen MR) is 188 cm³/mol. The fraction of sp³-hybridized carbons (Fsp3) is 0.257. The van der Waals surface area contributed by atoms with Gasteiger partial charge in [0.1, 0.15) is 10.2 Å². The number of nitrogens with zero attached hydrogens (tertiary/aromatic N) is 4. The number of nitrogens with one attached hydrogen (secondary N) is 1. The van der Waals surface area contributed by atoms with Gasteiger partial charge in [-0.1, -0.05) is 48.5 Å². The van der Waals surface area contributed by atoms with E-state index in [1.165, 1.54) is 16.1 Å². The second-order valence-corrected chi connectivity index (χ2v) is 15.1. The zero-order valence-electron chi connectivity index (χ0n) is 25.7. The van der Waals surface area contributed by atoms with E-state index in [-0.39, 0.29) is 5.91 Å². The molecule has 1 saturated heterocycles. The van der Waals surface area contributed by atoms with Crippen molar-refractivity contribution in [1.29, 1.82) is 0 Å². The van der Waals surface area contributed by atoms with Gasteiger partial charge >= 0.3 is 0 Å². The molecular weight excluding hydrogens is 619 g/mol. The number of aromatic nitrogens is 2. The largest absolute Gasteiger partial charge is 0.379 e. The molecule has 0 saturated carbocycles. The zero-order valence-corrected chi connectivity index (χ0v) is 27.4. The molecule has 0 bridgehead atoms. The van der Waals surface area contributed by atoms with Gasteiger partial charge < -0.3 is 14.6 Å². The monoisotopic (exact) mass is 653 g/mol. The number of hydrogen-bond donors (Lipinski definition) is 1. The number of sulfonamides is 1. The summed E-state index contributed by atoms with van der Waals surface area (Å²) in [6, 6.07) is 23.8. The summed E-state index contributed by atoms with van der Waals surface area (Å²) in [5.74, 6) is 0.0194. The van der Waals surface area contributed by atoms with Crippen molar-refractivity contribution in [1.82, 2.24) is 14.9 Å². The van der Waals surface area contributed by atoms with Crippen LogP contribution < -0.4 is 9.21 Å². The quantitative estimate of drug-likeness (QED) is 0.217. The predicted octanol–water partition coefficient (Wildman–Crippen LogP) is 6.09. The van der Waals surface area contributed by atoms with Crippen molar-refractivity contribution in [2.24, 2.45) is 0 Å². The Morgan fingerprint density at radius 2 is 1.78 bits per heavy atom. The number of morpholine rings is 1. The van der Waals surface area contributed by atoms with Crippen molar-refractivity contribution in [3.63, 3.8) is 0 Å². The highest BCUT2D eigenvalue weighted by Crippen LogP contribution is 2.42. The van der Waals surface area contributed by atoms with Crippen LogP contribution in [0.25, 0.3) is 44.2 Å². The highest BCUT2D eigenvalue weighted by Gasteiger charge is 2.31. The van der Waals surface area contributed by atoms with Crippen LogP contribution in [-0.2, 0) is 19.6 Å². The fourth-order valence-corrected chi connectivity index (χ4v) is 9.00. The molecule has 46 heavy (non-hydrogen) atoms. The first-order valence-electron chi connectivity index (χ1n) is 15.3. The third-order valence-electron chi connectivity index (χ3n) is 8.78. The van der Waals surface area contributed by atoms with Crippen LogP contribution in [0.5, 0.6) is 0 Å². The van der Waals surface area contributed by atoms with Gasteiger partial charge in [-0.15, -0.1) is 11.8 Å². The number of carbonyl (C=O) groups is 1. The average Bonchev–Trinajstić information content (AvgIpc) is 3.77. The maximum atomic E-state index is 13.5. The van der Waals surface area contributed by atoms with E-state index >= 15 is 0 Å². The number of amides is 1. The third-order valence-corrected chi connectivity index (χ3v) is 12.5. The van der Waals surface area contributed by atoms with Crippen molar-refractivity contribution < 1.29 is 17.9 Å². The molecular formula is C35H35N5O4S2. The van der Waals surface area contributed by atoms with Crippen LogP contribution in [0.2, 0.25) is 0 Å². The van der Waals surface area contributed by atoms with Crippen molar-refractivity contribution in [3.05, 3.63) is 90.5 Å². The lowest BCUT2D eigenvalue weighted by Crippen LogP contribution is -2.43. The van der Waals surface area contributed by atoms with Crippen molar-refractivity contribution in [2.45, 2.75) is 11.0 Å². The summed E-state index contributed by atoms with van der Waals surface area (Å²) in [5, 5.41) is 3.64. The van der Waals surface area contributed by atoms with E-state index in [0.717, 1.165) is 57.3 Å². The molecule has 1 fully saturated rings. The number of anilines is 2. The molecule has 2 aliphatic rings. The molecule has 0 radical (unpaired) electrons. The fourth-order valence-electron chi connectivity index (χ4n) is 6.13. The van der Waals surface area contributed by atoms with Gasteiger partial charge in [-0.25, -0.2) is 13.4 Å². The van der Waals surface area contributed by atoms with E-state index in [2.05, 4.69) is 22.0 Å². The molecule has 3 aromatic carbocycles. The molecule has 1 amide bonds. The number of allylic oxidation sites excluding steroid dienone is 1. The van der Waals surface area contributed by atoms with Gasteiger partial charge in [0.15, 0.2) is 0 Å². The molecule has 0 aliphatic carbocycles. The van der Waals surface area contributed by atoms with E-state index in [1.807, 2.05) is 85.4 Å². The summed E-state index contributed by atoms with van der Waals surface area (Å²) < 4.78 is 33.2. The Bertz CT molecular complexity index is 2050. The van der Waals surface area contributed by atoms with Gasteiger partial charge in [0.25, 0.3) is 0 Å². The summed E-state index contributed by atoms with van der Waals surface area (Å²) in [7, 11) is -0.141. The minimum absolute atomic E-state index is 0.0194. The summed E-state index contributed by atoms with van der Waals surface area (Å²) in [4.78, 5) is 25.4. The standard InChI is InChI=1S/C35H35N5O4S2/c1-38(31(41)23-40-15-17-44-18-16-40)26-11-6-10-25(20-26)29-22-36-35-34(33(29)24-8-4-3-5-9-24)28-21-27(13-14-30(28)37-35)39(2)46(42,43)32-12-7-19-45-32/h3-11,13-14,19-22,32H,12,15-18,23H2,1-2H3,(H,36,37). The Labute approximate surface area is 272 Å². The van der Waals surface area contributed by atoms with Crippen LogP contribution >= 0.6 is 11.8 Å². The highest BCUT2D eigenvalue weighted by atomic mass is 32.3. The normalized spacial score (nSPS) is 17.1. The minimum Gasteiger partial charge on any atom is -0.379 e. The molecule has 1 atom stereocenters. The zero-order chi connectivity index (χ0) is 31.8. The molecule has 236 valence electrons. The van der Waals surface area contributed by atoms with Crippen molar-refractivity contribution in [3.8, 4) is 22.3 Å². The first kappa shape index (κ1) is 30.5. The van der Waals surface area contributed by atoms with Crippen LogP contribution in [0.15, 0.2) is 90.5 Å². The molecule has 2 aliphatic heterocycles. The first-order chi connectivity index (χ1) is 22.3. The summed E-state index contributed by atoms with van der Waals surface area (Å²) >= 11 is 1.33. The number of thioether (sulfide) groups is 1. The van der Waals surface area contributed by atoms with Gasteiger partial charge in [0.05, 0.1) is 25.4 Å². The summed E-state index contributed by atoms with van der Waals surface area (Å²) in [6.07, 6.45) is 4.26. The van der Waals surface area contributed by atoms with Gasteiger partial charge in [-0.2, -0.15) is 0 Å². The number of H-pyrrole nitrogens is 1. The topological polar surface area (TPSA) is 98.8 Å². The van der Waals surface area contributed by atoms with E-state index in [1.54, 1.807) is 11.9 Å². The maximum absolute atomic E-state index is 13.5. The van der Waals surface area contributed by atoms with Crippen molar-refractivity contribution in [2.75, 3.05) is 56.1 Å². The summed E-state index contributed by atoms with van der Waals surface area (Å²) in [5.41, 5.74) is 6.79. The smallest absolute Gasteiger partial charge is 0.247 e. The molecule has 7 rings (SSSR count). The molecule has 11 heteroatoms. The number of hydrogen-bond acceptors (Lipinski definition) is 7. The van der Waals surface area contributed by atoms with Gasteiger partial charge in [0, 0.05) is 66.5 Å². The Morgan fingerprint density at radius 1 is 1.00 bits per heavy atom. The number of benzene rings is 3. The van der Waals surface area contributed by atoms with E-state index in [9.17, 15) is 13.2 Å². The number of rotatable bonds is 8. The van der Waals surface area contributed by atoms with Crippen LogP contribution in [0.4, 0.5) is 11.4 Å². The second kappa shape index (κ2) is 12.6. The molecule has 4 heterocycles. The second-order valence-electron chi connectivity index (χ2n) is 11.6. The Morgan fingerprint density at radius 3 is 2.54 bits per heavy atom. The number of likely N-dealkylation sites (N-methyl/N-ethyl adjacent to an activating group) is 1. The van der Waals surface area contributed by atoms with E-state index in [0.29, 0.717) is 37.5 Å². The lowest BCUT2D eigenvalue weighted by atomic mass is 9.92. The minimum atomic E-state index is -3.57. The Balaban J connectivity index is 1.33. The molecule has 9 nitrogen and oxygen atoms in total. The van der Waals surface area contributed by atoms with Crippen molar-refractivity contribution >= 4 is 61.0 Å². The van der Waals surface area contributed by atoms with E-state index < -0.39 is 14.6 Å². The molecule has 1 N–H and O–H groups in total. The molecule has 1 unspecified atom stereocenters. The van der Waals surface area contributed by atoms with Crippen LogP contribution in [0.3, 0.4) is 0 Å². The van der Waals surface area contributed by atoms with Gasteiger partial charge in [-0.3, -0.25) is 14.0 Å². The number of fused-ring (bicyclic) bond motifs is 3. The van der Waals surface area contributed by atoms with Gasteiger partial charge in [-0.05, 0) is 53.3 Å². The molecule has 2 aromatic heterocycles. The summed E-state index contributed by atoms with van der Waals surface area (Å²) in [6.45, 7) is 3.11. The lowest BCUT2D eigenvalue weighted by Gasteiger charge is -2.28. The molecule has 5 aromatic rings. The third kappa shape index (κ3) is 5.68. The SMILES string of the molecule is CN(C(=O)CN1CCOCC1)c1cccc(-c2cnc3[nH]c4ccc(N(C)S(=O)(=O)C5CC=CS5)cc4c3c2-c2ccccc2)c1.